The van der Waals surface area contributed by atoms with Gasteiger partial charge in [-0.1, -0.05) is 6.08 Å². The van der Waals surface area contributed by atoms with Gasteiger partial charge in [0.25, 0.3) is 0 Å². The van der Waals surface area contributed by atoms with Gasteiger partial charge in [-0.2, -0.15) is 0 Å². The number of carbonyl (C=O) groups is 1. The number of fused-ring (bicyclic) bond motifs is 1. The molecule has 2 aliphatic heterocycles. The quantitative estimate of drug-likeness (QED) is 0.431. The standard InChI is InChI=1S/C9H12O3/c1-3-7-4-6-5-11-8(10)9(6,2)12-7/h3,6-7H,1,4-5H2,2H3/t6-,7-,9-/m0/s1. The Balaban J connectivity index is 2.23. The summed E-state index contributed by atoms with van der Waals surface area (Å²) in [6.07, 6.45) is 2.62. The first-order valence-corrected chi connectivity index (χ1v) is 4.14. The van der Waals surface area contributed by atoms with Crippen LogP contribution in [0.15, 0.2) is 12.7 Å². The van der Waals surface area contributed by atoms with E-state index in [0.29, 0.717) is 6.61 Å². The second-order valence-electron chi connectivity index (χ2n) is 3.53. The highest BCUT2D eigenvalue weighted by molar-refractivity contribution is 5.82. The fourth-order valence-electron chi connectivity index (χ4n) is 1.87. The van der Waals surface area contributed by atoms with Crippen molar-refractivity contribution in [1.29, 1.82) is 0 Å². The van der Waals surface area contributed by atoms with Crippen LogP contribution in [0.5, 0.6) is 0 Å². The monoisotopic (exact) mass is 168 g/mol. The third-order valence-electron chi connectivity index (χ3n) is 2.78. The highest BCUT2D eigenvalue weighted by Gasteiger charge is 2.55. The van der Waals surface area contributed by atoms with Crippen LogP contribution in [0.1, 0.15) is 13.3 Å². The van der Waals surface area contributed by atoms with Crippen molar-refractivity contribution in [1.82, 2.24) is 0 Å². The Morgan fingerprint density at radius 2 is 2.50 bits per heavy atom. The lowest BCUT2D eigenvalue weighted by molar-refractivity contribution is -0.156. The third kappa shape index (κ3) is 0.829. The van der Waals surface area contributed by atoms with Gasteiger partial charge in [-0.15, -0.1) is 6.58 Å². The fraction of sp³-hybridized carbons (Fsp3) is 0.667. The normalized spacial score (nSPS) is 45.6. The van der Waals surface area contributed by atoms with Gasteiger partial charge in [0, 0.05) is 5.92 Å². The Morgan fingerprint density at radius 1 is 1.75 bits per heavy atom. The summed E-state index contributed by atoms with van der Waals surface area (Å²) >= 11 is 0. The molecule has 2 fully saturated rings. The van der Waals surface area contributed by atoms with Crippen molar-refractivity contribution in [2.24, 2.45) is 5.92 Å². The molecule has 3 heteroatoms. The van der Waals surface area contributed by atoms with Crippen molar-refractivity contribution in [3.63, 3.8) is 0 Å². The van der Waals surface area contributed by atoms with Crippen molar-refractivity contribution in [2.45, 2.75) is 25.0 Å². The molecule has 2 aliphatic rings. The lowest BCUT2D eigenvalue weighted by atomic mass is 9.91. The zero-order valence-corrected chi connectivity index (χ0v) is 7.08. The number of esters is 1. The summed E-state index contributed by atoms with van der Waals surface area (Å²) in [6.45, 7) is 5.95. The minimum Gasteiger partial charge on any atom is -0.463 e. The second-order valence-corrected chi connectivity index (χ2v) is 3.53. The Bertz CT molecular complexity index is 236. The zero-order valence-electron chi connectivity index (χ0n) is 7.08. The molecule has 0 aromatic rings. The van der Waals surface area contributed by atoms with Gasteiger partial charge in [0.15, 0.2) is 5.60 Å². The van der Waals surface area contributed by atoms with E-state index in [4.69, 9.17) is 9.47 Å². The van der Waals surface area contributed by atoms with Crippen molar-refractivity contribution in [2.75, 3.05) is 6.61 Å². The van der Waals surface area contributed by atoms with E-state index in [0.717, 1.165) is 6.42 Å². The van der Waals surface area contributed by atoms with Crippen LogP contribution in [-0.2, 0) is 14.3 Å². The van der Waals surface area contributed by atoms with Gasteiger partial charge in [0.2, 0.25) is 0 Å². The maximum atomic E-state index is 11.3. The molecule has 3 atom stereocenters. The van der Waals surface area contributed by atoms with Gasteiger partial charge in [-0.3, -0.25) is 0 Å². The zero-order chi connectivity index (χ0) is 8.77. The summed E-state index contributed by atoms with van der Waals surface area (Å²) in [5.74, 6) is -0.00940. The summed E-state index contributed by atoms with van der Waals surface area (Å²) in [5, 5.41) is 0. The highest BCUT2D eigenvalue weighted by atomic mass is 16.6. The summed E-state index contributed by atoms with van der Waals surface area (Å²) in [6, 6.07) is 0. The molecule has 0 aromatic carbocycles. The summed E-state index contributed by atoms with van der Waals surface area (Å²) in [4.78, 5) is 11.3. The van der Waals surface area contributed by atoms with Crippen LogP contribution in [0, 0.1) is 5.92 Å². The van der Waals surface area contributed by atoms with E-state index in [1.54, 1.807) is 13.0 Å². The van der Waals surface area contributed by atoms with Gasteiger partial charge < -0.3 is 9.47 Å². The molecule has 0 aromatic heterocycles. The van der Waals surface area contributed by atoms with E-state index in [1.165, 1.54) is 0 Å². The van der Waals surface area contributed by atoms with Crippen LogP contribution in [-0.4, -0.2) is 24.3 Å². The molecule has 2 heterocycles. The highest BCUT2D eigenvalue weighted by Crippen LogP contribution is 2.41. The Kier molecular flexibility index (Phi) is 1.51. The van der Waals surface area contributed by atoms with Crippen LogP contribution in [0.2, 0.25) is 0 Å². The smallest absolute Gasteiger partial charge is 0.338 e. The van der Waals surface area contributed by atoms with Crippen molar-refractivity contribution in [3.05, 3.63) is 12.7 Å². The molecule has 0 aliphatic carbocycles. The summed E-state index contributed by atoms with van der Waals surface area (Å²) < 4.78 is 10.5. The summed E-state index contributed by atoms with van der Waals surface area (Å²) in [7, 11) is 0. The fourth-order valence-corrected chi connectivity index (χ4v) is 1.87. The molecule has 0 N–H and O–H groups in total. The largest absolute Gasteiger partial charge is 0.463 e. The molecular formula is C9H12O3. The number of hydrogen-bond donors (Lipinski definition) is 0. The van der Waals surface area contributed by atoms with Crippen LogP contribution < -0.4 is 0 Å². The third-order valence-corrected chi connectivity index (χ3v) is 2.78. The maximum absolute atomic E-state index is 11.3. The van der Waals surface area contributed by atoms with Gasteiger partial charge in [-0.05, 0) is 13.3 Å². The van der Waals surface area contributed by atoms with Crippen LogP contribution in [0.4, 0.5) is 0 Å². The topological polar surface area (TPSA) is 35.5 Å². The number of rotatable bonds is 1. The molecule has 3 nitrogen and oxygen atoms in total. The molecule has 0 unspecified atom stereocenters. The minimum atomic E-state index is -0.696. The van der Waals surface area contributed by atoms with Crippen LogP contribution in [0.25, 0.3) is 0 Å². The average Bonchev–Trinajstić information content (AvgIpc) is 2.50. The Labute approximate surface area is 71.3 Å². The number of ether oxygens (including phenoxy) is 2. The summed E-state index contributed by atoms with van der Waals surface area (Å²) in [5.41, 5.74) is -0.696. The molecule has 0 amide bonds. The first kappa shape index (κ1) is 7.80. The molecule has 0 spiro atoms. The molecule has 66 valence electrons. The van der Waals surface area contributed by atoms with E-state index < -0.39 is 5.60 Å². The van der Waals surface area contributed by atoms with Gasteiger partial charge >= 0.3 is 5.97 Å². The molecule has 12 heavy (non-hydrogen) atoms. The SMILES string of the molecule is C=C[C@H]1C[C@H]2COC(=O)[C@@]2(C)O1. The van der Waals surface area contributed by atoms with E-state index in [9.17, 15) is 4.79 Å². The minimum absolute atomic E-state index is 0.0212. The molecule has 0 bridgehead atoms. The van der Waals surface area contributed by atoms with Gasteiger partial charge in [0.1, 0.15) is 0 Å². The number of carbonyl (C=O) groups excluding carboxylic acids is 1. The number of cyclic esters (lactones) is 1. The van der Waals surface area contributed by atoms with Crippen LogP contribution >= 0.6 is 0 Å². The maximum Gasteiger partial charge on any atom is 0.338 e. The predicted octanol–water partition coefficient (Wildman–Crippen LogP) is 0.893. The average molecular weight is 168 g/mol. The molecule has 2 saturated heterocycles. The molecule has 2 rings (SSSR count). The molecule has 0 radical (unpaired) electrons. The van der Waals surface area contributed by atoms with Crippen molar-refractivity contribution < 1.29 is 14.3 Å². The predicted molar refractivity (Wildman–Crippen MR) is 42.5 cm³/mol. The second kappa shape index (κ2) is 2.33. The van der Waals surface area contributed by atoms with Crippen molar-refractivity contribution in [3.8, 4) is 0 Å². The van der Waals surface area contributed by atoms with E-state index >= 15 is 0 Å². The molecular weight excluding hydrogens is 156 g/mol. The van der Waals surface area contributed by atoms with E-state index in [2.05, 4.69) is 6.58 Å². The number of hydrogen-bond acceptors (Lipinski definition) is 3. The van der Waals surface area contributed by atoms with E-state index in [1.807, 2.05) is 0 Å². The van der Waals surface area contributed by atoms with Gasteiger partial charge in [-0.25, -0.2) is 4.79 Å². The first-order valence-electron chi connectivity index (χ1n) is 4.14. The van der Waals surface area contributed by atoms with E-state index in [-0.39, 0.29) is 18.0 Å². The van der Waals surface area contributed by atoms with Crippen LogP contribution in [0.3, 0.4) is 0 Å². The lowest BCUT2D eigenvalue weighted by Crippen LogP contribution is -2.35. The first-order chi connectivity index (χ1) is 5.66. The lowest BCUT2D eigenvalue weighted by Gasteiger charge is -2.17. The van der Waals surface area contributed by atoms with Crippen molar-refractivity contribution >= 4 is 5.97 Å². The Hall–Kier alpha value is -0.830. The Morgan fingerprint density at radius 3 is 3.08 bits per heavy atom. The van der Waals surface area contributed by atoms with Gasteiger partial charge in [0.05, 0.1) is 12.7 Å². The molecule has 0 saturated carbocycles.